The monoisotopic (exact) mass is 533 g/mol. The Balaban J connectivity index is 1.65. The number of aromatic nitrogens is 1. The van der Waals surface area contributed by atoms with Gasteiger partial charge < -0.3 is 19.6 Å². The highest BCUT2D eigenvalue weighted by Crippen LogP contribution is 2.27. The Morgan fingerprint density at radius 1 is 1.18 bits per heavy atom. The van der Waals surface area contributed by atoms with E-state index in [9.17, 15) is 23.5 Å². The molecule has 2 heterocycles. The highest BCUT2D eigenvalue weighted by atomic mass is 19.1. The molecule has 0 saturated heterocycles. The first-order valence-corrected chi connectivity index (χ1v) is 12.5. The normalized spacial score (nSPS) is 17.6. The smallest absolute Gasteiger partial charge is 0.259 e. The third kappa shape index (κ3) is 6.41. The molecule has 4 rings (SSSR count). The van der Waals surface area contributed by atoms with Gasteiger partial charge >= 0.3 is 0 Å². The zero-order chi connectivity index (χ0) is 28.1. The molecule has 2 amide bonds. The maximum Gasteiger partial charge on any atom is 0.259 e. The molecule has 39 heavy (non-hydrogen) atoms. The maximum atomic E-state index is 14.2. The number of carbonyl (C=O) groups is 2. The van der Waals surface area contributed by atoms with Crippen molar-refractivity contribution in [3.05, 3.63) is 94.7 Å². The van der Waals surface area contributed by atoms with Crippen LogP contribution in [0.1, 0.15) is 45.7 Å². The molecule has 0 saturated carbocycles. The first-order chi connectivity index (χ1) is 18.7. The predicted molar refractivity (Wildman–Crippen MR) is 141 cm³/mol. The molecule has 202 valence electrons. The standard InChI is InChI=1S/C30H29F2N3O4/c1-19-16-35(20(2)18-36)30(38)25-14-22(9-8-21-10-12-23(31)13-11-21)15-33-28(25)39-27(19)17-34(3)29(37)24-6-4-5-7-26(24)32/h4-7,10-15,19-20,27,36H,16-18H2,1-3H3/t19-,20?,27-/m0/s1. The molecule has 0 radical (unpaired) electrons. The first-order valence-electron chi connectivity index (χ1n) is 12.5. The number of nitrogens with zero attached hydrogens (tertiary/aromatic N) is 3. The van der Waals surface area contributed by atoms with Gasteiger partial charge in [-0.2, -0.15) is 0 Å². The summed E-state index contributed by atoms with van der Waals surface area (Å²) in [5, 5.41) is 9.84. The number of benzene rings is 2. The van der Waals surface area contributed by atoms with E-state index < -0.39 is 23.9 Å². The Kier molecular flexibility index (Phi) is 8.57. The van der Waals surface area contributed by atoms with Crippen LogP contribution < -0.4 is 4.74 Å². The lowest BCUT2D eigenvalue weighted by atomic mass is 9.99. The summed E-state index contributed by atoms with van der Waals surface area (Å²) >= 11 is 0. The van der Waals surface area contributed by atoms with Crippen molar-refractivity contribution in [2.24, 2.45) is 5.92 Å². The number of pyridine rings is 1. The van der Waals surface area contributed by atoms with E-state index in [1.807, 2.05) is 6.92 Å². The SMILES string of the molecule is CC(CO)N1C[C@H](C)[C@H](CN(C)C(=O)c2ccccc2F)Oc2ncc(C#Cc3ccc(F)cc3)cc2C1=O. The van der Waals surface area contributed by atoms with E-state index in [2.05, 4.69) is 16.8 Å². The van der Waals surface area contributed by atoms with Gasteiger partial charge in [0.15, 0.2) is 0 Å². The molecule has 3 aromatic rings. The third-order valence-corrected chi connectivity index (χ3v) is 6.62. The molecular formula is C30H29F2N3O4. The molecule has 3 atom stereocenters. The van der Waals surface area contributed by atoms with E-state index in [1.54, 1.807) is 43.1 Å². The van der Waals surface area contributed by atoms with Crippen LogP contribution in [0.2, 0.25) is 0 Å². The van der Waals surface area contributed by atoms with E-state index >= 15 is 0 Å². The minimum Gasteiger partial charge on any atom is -0.472 e. The van der Waals surface area contributed by atoms with Crippen molar-refractivity contribution in [1.29, 1.82) is 0 Å². The average molecular weight is 534 g/mol. The van der Waals surface area contributed by atoms with Crippen LogP contribution in [0.3, 0.4) is 0 Å². The highest BCUT2D eigenvalue weighted by molar-refractivity contribution is 5.97. The van der Waals surface area contributed by atoms with Gasteiger partial charge in [0.05, 0.1) is 24.8 Å². The van der Waals surface area contributed by atoms with Crippen LogP contribution >= 0.6 is 0 Å². The fraction of sp³-hybridized carbons (Fsp3) is 0.300. The van der Waals surface area contributed by atoms with Crippen molar-refractivity contribution < 1.29 is 28.2 Å². The number of aliphatic hydroxyl groups excluding tert-OH is 1. The Morgan fingerprint density at radius 2 is 1.87 bits per heavy atom. The van der Waals surface area contributed by atoms with Crippen molar-refractivity contribution in [3.63, 3.8) is 0 Å². The van der Waals surface area contributed by atoms with Crippen molar-refractivity contribution >= 4 is 11.8 Å². The fourth-order valence-electron chi connectivity index (χ4n) is 4.26. The summed E-state index contributed by atoms with van der Waals surface area (Å²) in [7, 11) is 1.56. The largest absolute Gasteiger partial charge is 0.472 e. The van der Waals surface area contributed by atoms with Gasteiger partial charge in [0.25, 0.3) is 11.8 Å². The van der Waals surface area contributed by atoms with Gasteiger partial charge in [0.1, 0.15) is 23.3 Å². The van der Waals surface area contributed by atoms with E-state index in [0.717, 1.165) is 0 Å². The number of aliphatic hydroxyl groups is 1. The van der Waals surface area contributed by atoms with Crippen LogP contribution in [0.5, 0.6) is 5.88 Å². The average Bonchev–Trinajstić information content (AvgIpc) is 2.94. The molecule has 1 aliphatic heterocycles. The van der Waals surface area contributed by atoms with Crippen LogP contribution in [0.25, 0.3) is 0 Å². The number of likely N-dealkylation sites (N-methyl/N-ethyl adjacent to an activating group) is 1. The predicted octanol–water partition coefficient (Wildman–Crippen LogP) is 3.75. The number of amides is 2. The molecule has 7 nitrogen and oxygen atoms in total. The molecule has 1 aliphatic rings. The Labute approximate surface area is 226 Å². The molecule has 0 fully saturated rings. The van der Waals surface area contributed by atoms with E-state index in [1.165, 1.54) is 41.4 Å². The summed E-state index contributed by atoms with van der Waals surface area (Å²) in [6, 6.07) is 12.6. The lowest BCUT2D eigenvalue weighted by Crippen LogP contribution is -2.50. The lowest BCUT2D eigenvalue weighted by molar-refractivity contribution is 0.0312. The van der Waals surface area contributed by atoms with Crippen molar-refractivity contribution in [2.75, 3.05) is 26.7 Å². The van der Waals surface area contributed by atoms with Gasteiger partial charge in [-0.15, -0.1) is 0 Å². The van der Waals surface area contributed by atoms with Crippen molar-refractivity contribution in [3.8, 4) is 17.7 Å². The molecule has 2 aromatic carbocycles. The molecule has 1 aromatic heterocycles. The third-order valence-electron chi connectivity index (χ3n) is 6.62. The second-order valence-corrected chi connectivity index (χ2v) is 9.62. The van der Waals surface area contributed by atoms with Crippen LogP contribution in [0.15, 0.2) is 60.8 Å². The minimum absolute atomic E-state index is 0.0490. The fourth-order valence-corrected chi connectivity index (χ4v) is 4.26. The summed E-state index contributed by atoms with van der Waals surface area (Å²) in [6.45, 7) is 3.72. The van der Waals surface area contributed by atoms with Gasteiger partial charge in [0, 0.05) is 36.8 Å². The summed E-state index contributed by atoms with van der Waals surface area (Å²) in [4.78, 5) is 33.8. The van der Waals surface area contributed by atoms with Gasteiger partial charge in [-0.3, -0.25) is 9.59 Å². The van der Waals surface area contributed by atoms with E-state index in [-0.39, 0.29) is 54.3 Å². The highest BCUT2D eigenvalue weighted by Gasteiger charge is 2.35. The molecule has 0 bridgehead atoms. The summed E-state index contributed by atoms with van der Waals surface area (Å²) < 4.78 is 33.6. The number of hydrogen-bond acceptors (Lipinski definition) is 5. The Hall–Kier alpha value is -4.29. The molecule has 0 spiro atoms. The molecule has 1 unspecified atom stereocenters. The maximum absolute atomic E-state index is 14.2. The topological polar surface area (TPSA) is 83.0 Å². The minimum atomic E-state index is -0.615. The van der Waals surface area contributed by atoms with Crippen molar-refractivity contribution in [2.45, 2.75) is 26.0 Å². The van der Waals surface area contributed by atoms with Crippen LogP contribution in [0, 0.1) is 29.4 Å². The second-order valence-electron chi connectivity index (χ2n) is 9.62. The number of carbonyl (C=O) groups excluding carboxylic acids is 2. The molecular weight excluding hydrogens is 504 g/mol. The number of halogens is 2. The Morgan fingerprint density at radius 3 is 2.56 bits per heavy atom. The van der Waals surface area contributed by atoms with Crippen LogP contribution in [-0.2, 0) is 0 Å². The number of hydrogen-bond donors (Lipinski definition) is 1. The Bertz CT molecular complexity index is 1420. The van der Waals surface area contributed by atoms with E-state index in [4.69, 9.17) is 4.74 Å². The number of rotatable bonds is 5. The first kappa shape index (κ1) is 27.7. The second kappa shape index (κ2) is 12.0. The van der Waals surface area contributed by atoms with Crippen molar-refractivity contribution in [1.82, 2.24) is 14.8 Å². The van der Waals surface area contributed by atoms with Gasteiger partial charge in [-0.05, 0) is 49.4 Å². The van der Waals surface area contributed by atoms with Gasteiger partial charge in [-0.25, -0.2) is 13.8 Å². The zero-order valence-electron chi connectivity index (χ0n) is 21.9. The van der Waals surface area contributed by atoms with E-state index in [0.29, 0.717) is 11.1 Å². The lowest BCUT2D eigenvalue weighted by Gasteiger charge is -2.37. The van der Waals surface area contributed by atoms with Crippen LogP contribution in [0.4, 0.5) is 8.78 Å². The van der Waals surface area contributed by atoms with Crippen LogP contribution in [-0.4, -0.2) is 70.6 Å². The molecule has 1 N–H and O–H groups in total. The molecule has 0 aliphatic carbocycles. The number of ether oxygens (including phenoxy) is 1. The number of fused-ring (bicyclic) bond motifs is 1. The summed E-state index contributed by atoms with van der Waals surface area (Å²) in [6.07, 6.45) is 0.884. The van der Waals surface area contributed by atoms with Gasteiger partial charge in [0.2, 0.25) is 5.88 Å². The zero-order valence-corrected chi connectivity index (χ0v) is 21.9. The van der Waals surface area contributed by atoms with Gasteiger partial charge in [-0.1, -0.05) is 30.9 Å². The summed E-state index contributed by atoms with van der Waals surface area (Å²) in [5.41, 5.74) is 1.16. The summed E-state index contributed by atoms with van der Waals surface area (Å²) in [5.74, 6) is 3.82. The molecule has 9 heteroatoms. The quantitative estimate of drug-likeness (QED) is 0.506.